The maximum absolute atomic E-state index is 11.4. The molecule has 0 radical (unpaired) electrons. The zero-order valence-electron chi connectivity index (χ0n) is 5.65. The van der Waals surface area contributed by atoms with Crippen molar-refractivity contribution in [3.8, 4) is 0 Å². The van der Waals surface area contributed by atoms with E-state index in [0.29, 0.717) is 0 Å². The second-order valence-electron chi connectivity index (χ2n) is 2.45. The van der Waals surface area contributed by atoms with E-state index in [4.69, 9.17) is 0 Å². The van der Waals surface area contributed by atoms with Gasteiger partial charge in [0.1, 0.15) is 0 Å². The molecule has 1 aliphatic heterocycles. The molecule has 0 spiro atoms. The third-order valence-corrected chi connectivity index (χ3v) is 1.62. The zero-order chi connectivity index (χ0) is 7.40. The number of alkyl halides is 2. The summed E-state index contributed by atoms with van der Waals surface area (Å²) in [5.41, 5.74) is 0. The standard InChI is InChI=1S/C6H11F2NO/c7-6(8)10-4-5-1-2-9-3-5/h5-6,9H,1-4H2. The van der Waals surface area contributed by atoms with Crippen LogP contribution < -0.4 is 5.32 Å². The van der Waals surface area contributed by atoms with Gasteiger partial charge in [-0.2, -0.15) is 8.78 Å². The van der Waals surface area contributed by atoms with E-state index in [-0.39, 0.29) is 12.5 Å². The lowest BCUT2D eigenvalue weighted by atomic mass is 10.1. The van der Waals surface area contributed by atoms with Gasteiger partial charge in [-0.3, -0.25) is 0 Å². The van der Waals surface area contributed by atoms with Gasteiger partial charge in [-0.15, -0.1) is 0 Å². The van der Waals surface area contributed by atoms with E-state index < -0.39 is 6.61 Å². The number of hydrogen-bond acceptors (Lipinski definition) is 2. The molecule has 1 atom stereocenters. The molecule has 0 aromatic carbocycles. The van der Waals surface area contributed by atoms with Gasteiger partial charge in [0.15, 0.2) is 0 Å². The highest BCUT2D eigenvalue weighted by Gasteiger charge is 2.15. The number of nitrogens with one attached hydrogen (secondary N) is 1. The summed E-state index contributed by atoms with van der Waals surface area (Å²) in [6.45, 7) is -0.685. The first kappa shape index (κ1) is 7.88. The molecule has 0 aromatic rings. The zero-order valence-corrected chi connectivity index (χ0v) is 5.65. The smallest absolute Gasteiger partial charge is 0.323 e. The highest BCUT2D eigenvalue weighted by Crippen LogP contribution is 2.09. The van der Waals surface area contributed by atoms with Crippen LogP contribution in [0.15, 0.2) is 0 Å². The van der Waals surface area contributed by atoms with Gasteiger partial charge in [0, 0.05) is 6.54 Å². The van der Waals surface area contributed by atoms with Gasteiger partial charge in [-0.05, 0) is 18.9 Å². The predicted molar refractivity (Wildman–Crippen MR) is 32.9 cm³/mol. The average molecular weight is 151 g/mol. The first-order valence-electron chi connectivity index (χ1n) is 3.39. The number of halogens is 2. The molecular formula is C6H11F2NO. The molecule has 1 rings (SSSR count). The first-order valence-corrected chi connectivity index (χ1v) is 3.39. The SMILES string of the molecule is FC(F)OCC1CCNC1. The molecule has 1 heterocycles. The summed E-state index contributed by atoms with van der Waals surface area (Å²) in [5.74, 6) is 0.286. The van der Waals surface area contributed by atoms with Crippen molar-refractivity contribution in [1.29, 1.82) is 0 Å². The number of rotatable bonds is 3. The minimum absolute atomic E-state index is 0.185. The van der Waals surface area contributed by atoms with Crippen molar-refractivity contribution in [3.05, 3.63) is 0 Å². The molecule has 0 aromatic heterocycles. The number of hydrogen-bond donors (Lipinski definition) is 1. The summed E-state index contributed by atoms with van der Waals surface area (Å²) in [6, 6.07) is 0. The van der Waals surface area contributed by atoms with Crippen molar-refractivity contribution in [3.63, 3.8) is 0 Å². The summed E-state index contributed by atoms with van der Waals surface area (Å²) < 4.78 is 27.0. The fourth-order valence-electron chi connectivity index (χ4n) is 1.07. The van der Waals surface area contributed by atoms with E-state index in [2.05, 4.69) is 10.1 Å². The molecule has 0 aliphatic carbocycles. The Balaban J connectivity index is 2.01. The molecule has 2 nitrogen and oxygen atoms in total. The Labute approximate surface area is 58.6 Å². The predicted octanol–water partition coefficient (Wildman–Crippen LogP) is 0.835. The van der Waals surface area contributed by atoms with Gasteiger partial charge < -0.3 is 10.1 Å². The quantitative estimate of drug-likeness (QED) is 0.645. The van der Waals surface area contributed by atoms with Crippen molar-refractivity contribution in [1.82, 2.24) is 5.32 Å². The lowest BCUT2D eigenvalue weighted by molar-refractivity contribution is -0.136. The fraction of sp³-hybridized carbons (Fsp3) is 1.00. The van der Waals surface area contributed by atoms with Gasteiger partial charge in [-0.1, -0.05) is 0 Å². The maximum atomic E-state index is 11.4. The molecule has 1 N–H and O–H groups in total. The van der Waals surface area contributed by atoms with Crippen LogP contribution in [-0.2, 0) is 4.74 Å². The van der Waals surface area contributed by atoms with E-state index in [1.165, 1.54) is 0 Å². The van der Waals surface area contributed by atoms with Crippen molar-refractivity contribution < 1.29 is 13.5 Å². The third-order valence-electron chi connectivity index (χ3n) is 1.62. The van der Waals surface area contributed by atoms with E-state index in [9.17, 15) is 8.78 Å². The van der Waals surface area contributed by atoms with E-state index in [1.807, 2.05) is 0 Å². The molecule has 1 aliphatic rings. The van der Waals surface area contributed by atoms with E-state index in [0.717, 1.165) is 19.5 Å². The van der Waals surface area contributed by atoms with Crippen LogP contribution in [0, 0.1) is 5.92 Å². The van der Waals surface area contributed by atoms with E-state index >= 15 is 0 Å². The second kappa shape index (κ2) is 3.83. The van der Waals surface area contributed by atoms with Crippen LogP contribution in [0.2, 0.25) is 0 Å². The highest BCUT2D eigenvalue weighted by atomic mass is 19.3. The van der Waals surface area contributed by atoms with Crippen LogP contribution in [0.25, 0.3) is 0 Å². The van der Waals surface area contributed by atoms with Crippen molar-refractivity contribution >= 4 is 0 Å². The van der Waals surface area contributed by atoms with Gasteiger partial charge in [-0.25, -0.2) is 0 Å². The Morgan fingerprint density at radius 3 is 2.90 bits per heavy atom. The highest BCUT2D eigenvalue weighted by molar-refractivity contribution is 4.69. The normalized spacial score (nSPS) is 26.1. The summed E-state index contributed by atoms with van der Waals surface area (Å²) >= 11 is 0. The van der Waals surface area contributed by atoms with E-state index in [1.54, 1.807) is 0 Å². The van der Waals surface area contributed by atoms with Gasteiger partial charge >= 0.3 is 6.61 Å². The van der Waals surface area contributed by atoms with Crippen molar-refractivity contribution in [2.45, 2.75) is 13.0 Å². The maximum Gasteiger partial charge on any atom is 0.345 e. The fourth-order valence-corrected chi connectivity index (χ4v) is 1.07. The molecule has 1 unspecified atom stereocenters. The summed E-state index contributed by atoms with van der Waals surface area (Å²) in [6.07, 6.45) is 0.951. The topological polar surface area (TPSA) is 21.3 Å². The van der Waals surface area contributed by atoms with Gasteiger partial charge in [0.05, 0.1) is 6.61 Å². The van der Waals surface area contributed by atoms with Crippen LogP contribution in [0.4, 0.5) is 8.78 Å². The lowest BCUT2D eigenvalue weighted by Gasteiger charge is -2.07. The third kappa shape index (κ3) is 2.58. The molecule has 1 saturated heterocycles. The Bertz CT molecular complexity index is 93.7. The summed E-state index contributed by atoms with van der Waals surface area (Å²) in [7, 11) is 0. The van der Waals surface area contributed by atoms with Gasteiger partial charge in [0.2, 0.25) is 0 Å². The van der Waals surface area contributed by atoms with Crippen LogP contribution in [0.5, 0.6) is 0 Å². The Morgan fingerprint density at radius 2 is 2.40 bits per heavy atom. The average Bonchev–Trinajstić information content (AvgIpc) is 2.34. The van der Waals surface area contributed by atoms with Crippen molar-refractivity contribution in [2.24, 2.45) is 5.92 Å². The summed E-state index contributed by atoms with van der Waals surface area (Å²) in [5, 5.41) is 3.07. The molecule has 1 fully saturated rings. The van der Waals surface area contributed by atoms with Crippen LogP contribution in [0.3, 0.4) is 0 Å². The van der Waals surface area contributed by atoms with Gasteiger partial charge in [0.25, 0.3) is 0 Å². The molecule has 0 saturated carbocycles. The summed E-state index contributed by atoms with van der Waals surface area (Å²) in [4.78, 5) is 0. The van der Waals surface area contributed by atoms with Crippen molar-refractivity contribution in [2.75, 3.05) is 19.7 Å². The van der Waals surface area contributed by atoms with Crippen LogP contribution in [0.1, 0.15) is 6.42 Å². The van der Waals surface area contributed by atoms with Crippen LogP contribution in [-0.4, -0.2) is 26.3 Å². The molecule has 0 bridgehead atoms. The van der Waals surface area contributed by atoms with Crippen LogP contribution >= 0.6 is 0 Å². The molecule has 60 valence electrons. The molecular weight excluding hydrogens is 140 g/mol. The largest absolute Gasteiger partial charge is 0.345 e. The Hall–Kier alpha value is -0.220. The Morgan fingerprint density at radius 1 is 1.60 bits per heavy atom. The number of ether oxygens (including phenoxy) is 1. The Kier molecular flexibility index (Phi) is 3.02. The molecule has 4 heteroatoms. The first-order chi connectivity index (χ1) is 4.79. The lowest BCUT2D eigenvalue weighted by Crippen LogP contribution is -2.15. The molecule has 0 amide bonds. The minimum atomic E-state index is -2.61. The second-order valence-corrected chi connectivity index (χ2v) is 2.45. The minimum Gasteiger partial charge on any atom is -0.323 e. The monoisotopic (exact) mass is 151 g/mol. The molecule has 10 heavy (non-hydrogen) atoms.